The largest absolute Gasteiger partial charge is 0.491 e. The second-order valence-electron chi connectivity index (χ2n) is 3.48. The summed E-state index contributed by atoms with van der Waals surface area (Å²) in [5.41, 5.74) is 5.77. The van der Waals surface area contributed by atoms with E-state index in [1.807, 2.05) is 6.92 Å². The Kier molecular flexibility index (Phi) is 5.22. The second-order valence-corrected chi connectivity index (χ2v) is 3.48. The van der Waals surface area contributed by atoms with Gasteiger partial charge in [0, 0.05) is 24.4 Å². The van der Waals surface area contributed by atoms with Crippen molar-refractivity contribution in [1.82, 2.24) is 0 Å². The van der Waals surface area contributed by atoms with Gasteiger partial charge in [-0.05, 0) is 6.42 Å². The number of nitro groups is 1. The summed E-state index contributed by atoms with van der Waals surface area (Å²) in [5, 5.41) is 10.6. The van der Waals surface area contributed by atoms with Crippen molar-refractivity contribution >= 4 is 11.4 Å². The highest BCUT2D eigenvalue weighted by Gasteiger charge is 2.08. The number of nitrogen functional groups attached to an aromatic ring is 1. The Morgan fingerprint density at radius 3 is 2.71 bits per heavy atom. The zero-order valence-corrected chi connectivity index (χ0v) is 9.72. The molecule has 0 aliphatic heterocycles. The lowest BCUT2D eigenvalue weighted by atomic mass is 10.2. The molecule has 6 nitrogen and oxygen atoms in total. The molecule has 0 amide bonds. The molecule has 94 valence electrons. The molecule has 0 unspecified atom stereocenters. The first-order valence-corrected chi connectivity index (χ1v) is 5.39. The van der Waals surface area contributed by atoms with Gasteiger partial charge in [-0.15, -0.1) is 0 Å². The van der Waals surface area contributed by atoms with Gasteiger partial charge in [0.15, 0.2) is 0 Å². The van der Waals surface area contributed by atoms with E-state index in [0.29, 0.717) is 31.3 Å². The summed E-state index contributed by atoms with van der Waals surface area (Å²) in [6, 6.07) is 4.18. The molecule has 0 fully saturated rings. The summed E-state index contributed by atoms with van der Waals surface area (Å²) in [6.45, 7) is 3.50. The van der Waals surface area contributed by atoms with Crippen LogP contribution in [0, 0.1) is 10.1 Å². The average Bonchev–Trinajstić information content (AvgIpc) is 2.28. The fraction of sp³-hybridized carbons (Fsp3) is 0.455. The van der Waals surface area contributed by atoms with Gasteiger partial charge in [0.25, 0.3) is 5.69 Å². The SMILES string of the molecule is CCCOCCOc1cc(N)cc([N+](=O)[O-])c1. The van der Waals surface area contributed by atoms with E-state index in [1.54, 1.807) is 6.07 Å². The molecule has 0 spiro atoms. The zero-order chi connectivity index (χ0) is 12.7. The predicted molar refractivity (Wildman–Crippen MR) is 64.1 cm³/mol. The minimum absolute atomic E-state index is 0.0746. The highest BCUT2D eigenvalue weighted by Crippen LogP contribution is 2.23. The first-order valence-electron chi connectivity index (χ1n) is 5.39. The summed E-state index contributed by atoms with van der Waals surface area (Å²) < 4.78 is 10.5. The zero-order valence-electron chi connectivity index (χ0n) is 9.72. The third kappa shape index (κ3) is 4.69. The van der Waals surface area contributed by atoms with Crippen molar-refractivity contribution in [2.24, 2.45) is 0 Å². The Morgan fingerprint density at radius 2 is 2.06 bits per heavy atom. The number of nitrogens with two attached hydrogens (primary N) is 1. The van der Waals surface area contributed by atoms with Crippen molar-refractivity contribution < 1.29 is 14.4 Å². The molecule has 1 aromatic rings. The topological polar surface area (TPSA) is 87.6 Å². The van der Waals surface area contributed by atoms with Gasteiger partial charge < -0.3 is 15.2 Å². The van der Waals surface area contributed by atoms with Crippen LogP contribution in [0.5, 0.6) is 5.75 Å². The van der Waals surface area contributed by atoms with Crippen molar-refractivity contribution in [3.8, 4) is 5.75 Å². The number of non-ortho nitro benzene ring substituents is 1. The van der Waals surface area contributed by atoms with Crippen molar-refractivity contribution in [2.45, 2.75) is 13.3 Å². The number of ether oxygens (including phenoxy) is 2. The molecule has 0 atom stereocenters. The Balaban J connectivity index is 2.50. The molecule has 0 saturated heterocycles. The molecule has 17 heavy (non-hydrogen) atoms. The smallest absolute Gasteiger partial charge is 0.275 e. The van der Waals surface area contributed by atoms with Crippen LogP contribution in [-0.2, 0) is 4.74 Å². The molecule has 0 radical (unpaired) electrons. The van der Waals surface area contributed by atoms with Crippen LogP contribution in [0.15, 0.2) is 18.2 Å². The van der Waals surface area contributed by atoms with E-state index in [2.05, 4.69) is 0 Å². The van der Waals surface area contributed by atoms with Gasteiger partial charge in [0.2, 0.25) is 0 Å². The Morgan fingerprint density at radius 1 is 1.29 bits per heavy atom. The normalized spacial score (nSPS) is 10.2. The highest BCUT2D eigenvalue weighted by molar-refractivity contribution is 5.53. The van der Waals surface area contributed by atoms with Gasteiger partial charge in [-0.2, -0.15) is 0 Å². The number of benzene rings is 1. The van der Waals surface area contributed by atoms with Crippen LogP contribution in [-0.4, -0.2) is 24.7 Å². The Bertz CT molecular complexity index is 382. The van der Waals surface area contributed by atoms with Crippen molar-refractivity contribution in [3.63, 3.8) is 0 Å². The minimum atomic E-state index is -0.503. The fourth-order valence-corrected chi connectivity index (χ4v) is 1.26. The molecule has 0 aromatic heterocycles. The monoisotopic (exact) mass is 240 g/mol. The molecule has 1 rings (SSSR count). The van der Waals surface area contributed by atoms with Gasteiger partial charge >= 0.3 is 0 Å². The van der Waals surface area contributed by atoms with Crippen LogP contribution < -0.4 is 10.5 Å². The maximum atomic E-state index is 10.6. The van der Waals surface area contributed by atoms with E-state index < -0.39 is 4.92 Å². The van der Waals surface area contributed by atoms with E-state index in [4.69, 9.17) is 15.2 Å². The third-order valence-corrected chi connectivity index (χ3v) is 1.97. The average molecular weight is 240 g/mol. The maximum absolute atomic E-state index is 10.6. The number of hydrogen-bond acceptors (Lipinski definition) is 5. The van der Waals surface area contributed by atoms with Crippen molar-refractivity contribution in [3.05, 3.63) is 28.3 Å². The lowest BCUT2D eigenvalue weighted by Gasteiger charge is -2.07. The number of hydrogen-bond donors (Lipinski definition) is 1. The molecular formula is C11H16N2O4. The third-order valence-electron chi connectivity index (χ3n) is 1.97. The van der Waals surface area contributed by atoms with Crippen LogP contribution in [0.1, 0.15) is 13.3 Å². The van der Waals surface area contributed by atoms with Crippen LogP contribution in [0.25, 0.3) is 0 Å². The molecule has 2 N–H and O–H groups in total. The highest BCUT2D eigenvalue weighted by atomic mass is 16.6. The molecule has 0 aliphatic carbocycles. The van der Waals surface area contributed by atoms with Crippen LogP contribution in [0.2, 0.25) is 0 Å². The minimum Gasteiger partial charge on any atom is -0.491 e. The lowest BCUT2D eigenvalue weighted by molar-refractivity contribution is -0.384. The number of rotatable bonds is 7. The molecule has 6 heteroatoms. The van der Waals surface area contributed by atoms with Gasteiger partial charge in [-0.1, -0.05) is 6.92 Å². The predicted octanol–water partition coefficient (Wildman–Crippen LogP) is 1.98. The van der Waals surface area contributed by atoms with E-state index in [0.717, 1.165) is 6.42 Å². The van der Waals surface area contributed by atoms with E-state index >= 15 is 0 Å². The molecule has 0 bridgehead atoms. The summed E-state index contributed by atoms with van der Waals surface area (Å²) in [7, 11) is 0. The number of nitro benzene ring substituents is 1. The molecule has 0 heterocycles. The summed E-state index contributed by atoms with van der Waals surface area (Å²) in [5.74, 6) is 0.386. The van der Waals surface area contributed by atoms with Crippen molar-refractivity contribution in [1.29, 1.82) is 0 Å². The summed E-state index contributed by atoms with van der Waals surface area (Å²) >= 11 is 0. The molecular weight excluding hydrogens is 224 g/mol. The maximum Gasteiger partial charge on any atom is 0.275 e. The standard InChI is InChI=1S/C11H16N2O4/c1-2-3-16-4-5-17-11-7-9(12)6-10(8-11)13(14)15/h6-8H,2-5,12H2,1H3. The van der Waals surface area contributed by atoms with E-state index in [1.165, 1.54) is 12.1 Å². The molecule has 0 saturated carbocycles. The lowest BCUT2D eigenvalue weighted by Crippen LogP contribution is -2.07. The number of nitrogens with zero attached hydrogens (tertiary/aromatic N) is 1. The first kappa shape index (κ1) is 13.2. The first-order chi connectivity index (χ1) is 8.13. The van der Waals surface area contributed by atoms with E-state index in [-0.39, 0.29) is 5.69 Å². The summed E-state index contributed by atoms with van der Waals surface area (Å²) in [6.07, 6.45) is 0.948. The summed E-state index contributed by atoms with van der Waals surface area (Å²) in [4.78, 5) is 10.1. The van der Waals surface area contributed by atoms with Gasteiger partial charge in [0.1, 0.15) is 12.4 Å². The van der Waals surface area contributed by atoms with Crippen LogP contribution in [0.3, 0.4) is 0 Å². The Hall–Kier alpha value is -1.82. The number of anilines is 1. The van der Waals surface area contributed by atoms with Crippen LogP contribution >= 0.6 is 0 Å². The molecule has 0 aliphatic rings. The van der Waals surface area contributed by atoms with Crippen molar-refractivity contribution in [2.75, 3.05) is 25.6 Å². The van der Waals surface area contributed by atoms with E-state index in [9.17, 15) is 10.1 Å². The second kappa shape index (κ2) is 6.70. The van der Waals surface area contributed by atoms with Crippen LogP contribution in [0.4, 0.5) is 11.4 Å². The quantitative estimate of drug-likeness (QED) is 0.341. The Labute approximate surface area is 99.5 Å². The van der Waals surface area contributed by atoms with Gasteiger partial charge in [0.05, 0.1) is 17.6 Å². The molecule has 1 aromatic carbocycles. The van der Waals surface area contributed by atoms with Gasteiger partial charge in [-0.3, -0.25) is 10.1 Å². The van der Waals surface area contributed by atoms with Gasteiger partial charge in [-0.25, -0.2) is 0 Å². The fourth-order valence-electron chi connectivity index (χ4n) is 1.26.